The molecule has 4 nitrogen and oxygen atoms in total. The van der Waals surface area contributed by atoms with Crippen LogP contribution in [0.4, 0.5) is 0 Å². The topological polar surface area (TPSA) is 44.1 Å². The second kappa shape index (κ2) is 11.2. The van der Waals surface area contributed by atoms with Crippen molar-refractivity contribution in [1.29, 1.82) is 0 Å². The van der Waals surface area contributed by atoms with Gasteiger partial charge in [0.1, 0.15) is 0 Å². The maximum Gasteiger partial charge on any atom is 0.0980 e. The molecule has 7 aromatic rings. The average Bonchev–Trinajstić information content (AvgIpc) is 3.75. The Morgan fingerprint density at radius 1 is 0.714 bits per heavy atom. The SMILES string of the molecule is CC(C)c1cc(-c2ccccc2)cc(C(C)C)c1-n1c(-c2[c-]oc3ccc(-c4ccoc4)cc23)nc2ccccc21.[Ir]. The summed E-state index contributed by atoms with van der Waals surface area (Å²) in [7, 11) is 0. The monoisotopic (exact) mass is 728 g/mol. The molecule has 0 atom stereocenters. The third-order valence-corrected chi connectivity index (χ3v) is 7.89. The summed E-state index contributed by atoms with van der Waals surface area (Å²) in [5.41, 5.74) is 11.9. The number of imidazole rings is 1. The van der Waals surface area contributed by atoms with E-state index in [-0.39, 0.29) is 31.9 Å². The quantitative estimate of drug-likeness (QED) is 0.160. The molecule has 1 radical (unpaired) electrons. The summed E-state index contributed by atoms with van der Waals surface area (Å²) in [5.74, 6) is 1.40. The number of benzene rings is 4. The molecule has 0 unspecified atom stereocenters. The Morgan fingerprint density at radius 3 is 2.12 bits per heavy atom. The van der Waals surface area contributed by atoms with E-state index in [4.69, 9.17) is 13.8 Å². The summed E-state index contributed by atoms with van der Waals surface area (Å²) in [6.45, 7) is 9.08. The van der Waals surface area contributed by atoms with Gasteiger partial charge in [0.05, 0.1) is 29.4 Å². The number of hydrogen-bond acceptors (Lipinski definition) is 3. The van der Waals surface area contributed by atoms with Gasteiger partial charge in [0.2, 0.25) is 0 Å². The van der Waals surface area contributed by atoms with Crippen molar-refractivity contribution in [3.8, 4) is 39.3 Å². The van der Waals surface area contributed by atoms with Gasteiger partial charge in [-0.3, -0.25) is 4.98 Å². The predicted octanol–water partition coefficient (Wildman–Crippen LogP) is 10.4. The molecule has 0 amide bonds. The molecular formula is C37H31IrN2O2-. The van der Waals surface area contributed by atoms with Crippen LogP contribution in [0.5, 0.6) is 0 Å². The molecule has 0 aliphatic carbocycles. The van der Waals surface area contributed by atoms with E-state index in [0.29, 0.717) is 0 Å². The number of furan rings is 2. The van der Waals surface area contributed by atoms with Crippen molar-refractivity contribution < 1.29 is 28.9 Å². The number of nitrogens with zero attached hydrogens (tertiary/aromatic N) is 2. The molecular weight excluding hydrogens is 697 g/mol. The van der Waals surface area contributed by atoms with Crippen LogP contribution in [0.3, 0.4) is 0 Å². The Morgan fingerprint density at radius 2 is 1.43 bits per heavy atom. The van der Waals surface area contributed by atoms with E-state index in [9.17, 15) is 0 Å². The zero-order valence-corrected chi connectivity index (χ0v) is 26.4. The molecule has 42 heavy (non-hydrogen) atoms. The summed E-state index contributed by atoms with van der Waals surface area (Å²) in [4.78, 5) is 5.21. The molecule has 4 aromatic carbocycles. The first-order chi connectivity index (χ1) is 20.0. The van der Waals surface area contributed by atoms with Gasteiger partial charge in [-0.15, -0.1) is 0 Å². The molecule has 0 spiro atoms. The van der Waals surface area contributed by atoms with Gasteiger partial charge >= 0.3 is 0 Å². The van der Waals surface area contributed by atoms with Gasteiger partial charge in [0.25, 0.3) is 0 Å². The van der Waals surface area contributed by atoms with Crippen molar-refractivity contribution in [1.82, 2.24) is 9.55 Å². The fourth-order valence-corrected chi connectivity index (χ4v) is 5.79. The van der Waals surface area contributed by atoms with Crippen molar-refractivity contribution in [3.05, 3.63) is 121 Å². The third kappa shape index (κ3) is 4.73. The minimum absolute atomic E-state index is 0. The fraction of sp³-hybridized carbons (Fsp3) is 0.162. The van der Waals surface area contributed by atoms with E-state index in [1.54, 1.807) is 12.5 Å². The van der Waals surface area contributed by atoms with Crippen LogP contribution < -0.4 is 0 Å². The molecule has 5 heteroatoms. The Hall–Kier alpha value is -4.18. The number of hydrogen-bond donors (Lipinski definition) is 0. The van der Waals surface area contributed by atoms with E-state index in [1.165, 1.54) is 27.9 Å². The normalized spacial score (nSPS) is 11.6. The van der Waals surface area contributed by atoms with Gasteiger partial charge in [-0.2, -0.15) is 0 Å². The maximum atomic E-state index is 5.99. The number of para-hydroxylation sites is 2. The van der Waals surface area contributed by atoms with Crippen molar-refractivity contribution in [3.63, 3.8) is 0 Å². The van der Waals surface area contributed by atoms with Crippen molar-refractivity contribution in [2.75, 3.05) is 0 Å². The molecule has 3 aromatic heterocycles. The summed E-state index contributed by atoms with van der Waals surface area (Å²) in [6, 6.07) is 31.9. The summed E-state index contributed by atoms with van der Waals surface area (Å²) in [5, 5.41) is 0.971. The predicted molar refractivity (Wildman–Crippen MR) is 166 cm³/mol. The van der Waals surface area contributed by atoms with Gasteiger partial charge in [-0.05, 0) is 70.0 Å². The van der Waals surface area contributed by atoms with Crippen LogP contribution in [0.15, 0.2) is 112 Å². The number of rotatable bonds is 6. The second-order valence-electron chi connectivity index (χ2n) is 11.2. The molecule has 211 valence electrons. The van der Waals surface area contributed by atoms with Gasteiger partial charge in [0.15, 0.2) is 0 Å². The van der Waals surface area contributed by atoms with Crippen LogP contribution in [0.2, 0.25) is 0 Å². The van der Waals surface area contributed by atoms with E-state index in [2.05, 4.69) is 105 Å². The third-order valence-electron chi connectivity index (χ3n) is 7.89. The van der Waals surface area contributed by atoms with Crippen LogP contribution in [0.1, 0.15) is 50.7 Å². The number of fused-ring (bicyclic) bond motifs is 2. The van der Waals surface area contributed by atoms with E-state index >= 15 is 0 Å². The zero-order valence-electron chi connectivity index (χ0n) is 24.0. The molecule has 0 aliphatic rings. The summed E-state index contributed by atoms with van der Waals surface area (Å²) < 4.78 is 13.7. The number of aromatic nitrogens is 2. The molecule has 7 rings (SSSR count). The molecule has 0 saturated carbocycles. The largest absolute Gasteiger partial charge is 0.557 e. The maximum absolute atomic E-state index is 5.99. The van der Waals surface area contributed by atoms with Gasteiger partial charge < -0.3 is 13.4 Å². The molecule has 0 fully saturated rings. The van der Waals surface area contributed by atoms with Crippen LogP contribution in [-0.2, 0) is 20.1 Å². The van der Waals surface area contributed by atoms with Crippen molar-refractivity contribution in [2.24, 2.45) is 0 Å². The van der Waals surface area contributed by atoms with E-state index < -0.39 is 0 Å². The molecule has 3 heterocycles. The van der Waals surface area contributed by atoms with E-state index in [1.807, 2.05) is 24.3 Å². The van der Waals surface area contributed by atoms with Crippen molar-refractivity contribution in [2.45, 2.75) is 39.5 Å². The van der Waals surface area contributed by atoms with Crippen molar-refractivity contribution >= 4 is 22.0 Å². The first kappa shape index (κ1) is 28.0. The summed E-state index contributed by atoms with van der Waals surface area (Å²) in [6.07, 6.45) is 6.68. The zero-order chi connectivity index (χ0) is 28.1. The average molecular weight is 728 g/mol. The summed E-state index contributed by atoms with van der Waals surface area (Å²) >= 11 is 0. The Kier molecular flexibility index (Phi) is 7.49. The smallest absolute Gasteiger partial charge is 0.0980 e. The van der Waals surface area contributed by atoms with Crippen LogP contribution in [0, 0.1) is 6.26 Å². The Balaban J connectivity index is 0.00000316. The van der Waals surface area contributed by atoms with Crippen LogP contribution in [0.25, 0.3) is 61.3 Å². The second-order valence-corrected chi connectivity index (χ2v) is 11.2. The Labute approximate surface area is 259 Å². The molecule has 0 bridgehead atoms. The Bertz CT molecular complexity index is 1970. The molecule has 0 aliphatic heterocycles. The van der Waals surface area contributed by atoms with E-state index in [0.717, 1.165) is 44.5 Å². The van der Waals surface area contributed by atoms with Crippen LogP contribution in [-0.4, -0.2) is 9.55 Å². The minimum Gasteiger partial charge on any atom is -0.557 e. The van der Waals surface area contributed by atoms with Crippen LogP contribution >= 0.6 is 0 Å². The first-order valence-electron chi connectivity index (χ1n) is 14.2. The fourth-order valence-electron chi connectivity index (χ4n) is 5.79. The first-order valence-corrected chi connectivity index (χ1v) is 14.2. The van der Waals surface area contributed by atoms with Gasteiger partial charge in [-0.25, -0.2) is 0 Å². The minimum atomic E-state index is 0. The molecule has 0 N–H and O–H groups in total. The molecule has 0 saturated heterocycles. The standard InChI is InChI=1S/C37H31N2O2.Ir/c1-23(2)29-19-28(25-10-6-5-7-11-25)20-30(24(3)4)36(29)39-34-13-9-8-12-33(34)38-37(39)32-22-41-35-15-14-26(18-31(32)35)27-16-17-40-21-27;/h5-21,23-24H,1-4H3;/q-1;. The van der Waals surface area contributed by atoms with Gasteiger partial charge in [0, 0.05) is 43.2 Å². The van der Waals surface area contributed by atoms with Gasteiger partial charge in [-0.1, -0.05) is 99.3 Å².